The molecule has 8 heteroatoms. The molecule has 5 rings (SSSR count). The zero-order valence-electron chi connectivity index (χ0n) is 17.3. The second-order valence-electron chi connectivity index (χ2n) is 8.11. The second kappa shape index (κ2) is 7.26. The monoisotopic (exact) mass is 431 g/mol. The van der Waals surface area contributed by atoms with Gasteiger partial charge in [-0.2, -0.15) is 0 Å². The van der Waals surface area contributed by atoms with Gasteiger partial charge in [0.1, 0.15) is 11.1 Å². The molecule has 32 heavy (non-hydrogen) atoms. The maximum atomic E-state index is 12.9. The van der Waals surface area contributed by atoms with Crippen molar-refractivity contribution >= 4 is 17.2 Å². The number of carboxylic acid groups (broad SMARTS) is 1. The Morgan fingerprint density at radius 3 is 2.34 bits per heavy atom. The number of aromatic amines is 1. The van der Waals surface area contributed by atoms with Crippen LogP contribution in [-0.2, 0) is 12.6 Å². The van der Waals surface area contributed by atoms with Gasteiger partial charge in [0.15, 0.2) is 0 Å². The molecule has 2 aromatic carbocycles. The lowest BCUT2D eigenvalue weighted by molar-refractivity contribution is 0.144. The van der Waals surface area contributed by atoms with Crippen molar-refractivity contribution in [2.75, 3.05) is 0 Å². The van der Waals surface area contributed by atoms with Gasteiger partial charge < -0.3 is 14.8 Å². The van der Waals surface area contributed by atoms with Crippen molar-refractivity contribution in [1.82, 2.24) is 14.9 Å². The maximum absolute atomic E-state index is 12.9. The van der Waals surface area contributed by atoms with Crippen LogP contribution in [0, 0.1) is 0 Å². The van der Waals surface area contributed by atoms with Crippen LogP contribution in [0.25, 0.3) is 33.6 Å². The summed E-state index contributed by atoms with van der Waals surface area (Å²) in [4.78, 5) is 39.0. The molecule has 0 bridgehead atoms. The first kappa shape index (κ1) is 19.9. The molecule has 3 N–H and O–H groups in total. The maximum Gasteiger partial charge on any atom is 0.405 e. The fraction of sp³-hybridized carbons (Fsp3) is 0.208. The Kier molecular flexibility index (Phi) is 4.51. The smallest absolute Gasteiger partial charge is 0.405 e. The van der Waals surface area contributed by atoms with Gasteiger partial charge in [0, 0.05) is 18.2 Å². The summed E-state index contributed by atoms with van der Waals surface area (Å²) in [6.07, 6.45) is 1.41. The first-order valence-corrected chi connectivity index (χ1v) is 10.3. The van der Waals surface area contributed by atoms with E-state index in [-0.39, 0.29) is 5.71 Å². The molecule has 0 aliphatic heterocycles. The van der Waals surface area contributed by atoms with Gasteiger partial charge in [0.2, 0.25) is 5.71 Å². The third-order valence-electron chi connectivity index (χ3n) is 6.27. The Morgan fingerprint density at radius 1 is 1.06 bits per heavy atom. The average Bonchev–Trinajstić information content (AvgIpc) is 3.14. The molecule has 2 heterocycles. The van der Waals surface area contributed by atoms with E-state index in [1.807, 2.05) is 54.6 Å². The minimum atomic E-state index is -1.04. The van der Waals surface area contributed by atoms with E-state index in [2.05, 4.69) is 10.3 Å². The van der Waals surface area contributed by atoms with E-state index in [4.69, 9.17) is 4.42 Å². The lowest BCUT2D eigenvalue weighted by Gasteiger charge is -2.42. The summed E-state index contributed by atoms with van der Waals surface area (Å²) >= 11 is 0. The van der Waals surface area contributed by atoms with Gasteiger partial charge in [0.25, 0.3) is 5.56 Å². The van der Waals surface area contributed by atoms with E-state index in [0.717, 1.165) is 40.5 Å². The molecule has 0 radical (unpaired) electrons. The Morgan fingerprint density at radius 2 is 1.75 bits per heavy atom. The lowest BCUT2D eigenvalue weighted by Crippen LogP contribution is -2.50. The molecule has 1 amide bonds. The third kappa shape index (κ3) is 3.03. The molecule has 1 fully saturated rings. The number of benzene rings is 2. The van der Waals surface area contributed by atoms with Crippen LogP contribution in [0.3, 0.4) is 0 Å². The average molecular weight is 431 g/mol. The number of amides is 1. The van der Waals surface area contributed by atoms with E-state index in [1.54, 1.807) is 0 Å². The summed E-state index contributed by atoms with van der Waals surface area (Å²) in [5, 5.41) is 12.2. The molecule has 0 spiro atoms. The van der Waals surface area contributed by atoms with Crippen molar-refractivity contribution in [3.05, 3.63) is 81.0 Å². The number of aromatic nitrogens is 2. The van der Waals surface area contributed by atoms with Gasteiger partial charge in [-0.05, 0) is 30.4 Å². The molecule has 162 valence electrons. The van der Waals surface area contributed by atoms with E-state index < -0.39 is 22.9 Å². The number of furan rings is 1. The Labute approximate surface area is 182 Å². The number of carbonyl (C=O) groups is 1. The number of hydrogen-bond acceptors (Lipinski definition) is 4. The van der Waals surface area contributed by atoms with Crippen LogP contribution in [0.5, 0.6) is 0 Å². The van der Waals surface area contributed by atoms with Gasteiger partial charge in [-0.25, -0.2) is 9.59 Å². The quantitative estimate of drug-likeness (QED) is 0.454. The summed E-state index contributed by atoms with van der Waals surface area (Å²) in [6, 6.07) is 16.9. The summed E-state index contributed by atoms with van der Waals surface area (Å²) in [6.45, 7) is 0. The molecular weight excluding hydrogens is 410 g/mol. The van der Waals surface area contributed by atoms with Gasteiger partial charge in [0.05, 0.1) is 5.54 Å². The molecule has 8 nitrogen and oxygen atoms in total. The summed E-state index contributed by atoms with van der Waals surface area (Å²) in [5.41, 5.74) is 1.57. The Hall–Kier alpha value is -4.07. The van der Waals surface area contributed by atoms with E-state index in [0.29, 0.717) is 16.7 Å². The predicted molar refractivity (Wildman–Crippen MR) is 120 cm³/mol. The van der Waals surface area contributed by atoms with Crippen molar-refractivity contribution in [2.45, 2.75) is 24.8 Å². The zero-order chi connectivity index (χ0) is 22.5. The fourth-order valence-corrected chi connectivity index (χ4v) is 4.41. The van der Waals surface area contributed by atoms with Gasteiger partial charge in [-0.3, -0.25) is 14.3 Å². The van der Waals surface area contributed by atoms with Crippen molar-refractivity contribution in [3.63, 3.8) is 0 Å². The van der Waals surface area contributed by atoms with Crippen LogP contribution >= 0.6 is 0 Å². The van der Waals surface area contributed by atoms with Gasteiger partial charge >= 0.3 is 11.8 Å². The zero-order valence-corrected chi connectivity index (χ0v) is 17.3. The normalized spacial score (nSPS) is 14.8. The van der Waals surface area contributed by atoms with Crippen molar-refractivity contribution < 1.29 is 14.3 Å². The van der Waals surface area contributed by atoms with Crippen LogP contribution in [-0.4, -0.2) is 20.8 Å². The van der Waals surface area contributed by atoms with Crippen molar-refractivity contribution in [1.29, 1.82) is 0 Å². The topological polar surface area (TPSA) is 117 Å². The summed E-state index contributed by atoms with van der Waals surface area (Å²) in [7, 11) is 1.42. The van der Waals surface area contributed by atoms with Crippen LogP contribution < -0.4 is 16.6 Å². The molecule has 2 aromatic heterocycles. The highest BCUT2D eigenvalue weighted by Gasteiger charge is 2.40. The molecule has 1 saturated carbocycles. The Bertz CT molecular complexity index is 1440. The minimum Gasteiger partial charge on any atom is -0.465 e. The SMILES string of the molecule is Cn1c(=O)[nH]c2oc(-c3ccc(C4(NC(=O)O)CCC4)cc3)c(-c3ccccc3)c2c1=O. The molecule has 1 aliphatic rings. The van der Waals surface area contributed by atoms with Crippen LogP contribution in [0.15, 0.2) is 68.6 Å². The number of hydrogen-bond donors (Lipinski definition) is 3. The van der Waals surface area contributed by atoms with Crippen LogP contribution in [0.1, 0.15) is 24.8 Å². The fourth-order valence-electron chi connectivity index (χ4n) is 4.41. The Balaban J connectivity index is 1.69. The lowest BCUT2D eigenvalue weighted by atomic mass is 9.72. The van der Waals surface area contributed by atoms with Gasteiger partial charge in [-0.15, -0.1) is 0 Å². The van der Waals surface area contributed by atoms with Crippen LogP contribution in [0.4, 0.5) is 4.79 Å². The third-order valence-corrected chi connectivity index (χ3v) is 6.27. The van der Waals surface area contributed by atoms with E-state index >= 15 is 0 Å². The van der Waals surface area contributed by atoms with E-state index in [1.165, 1.54) is 7.05 Å². The largest absolute Gasteiger partial charge is 0.465 e. The standard InChI is InChI=1S/C24H21N3O5/c1-27-21(28)18-17(14-6-3-2-4-7-14)19(32-20(18)25-22(27)29)15-8-10-16(11-9-15)24(12-5-13-24)26-23(30)31/h2-4,6-11,26H,5,12-13H2,1H3,(H,25,29)(H,30,31). The molecule has 0 unspecified atom stereocenters. The second-order valence-corrected chi connectivity index (χ2v) is 8.11. The number of fused-ring (bicyclic) bond motifs is 1. The molecular formula is C24H21N3O5. The molecule has 0 saturated heterocycles. The predicted octanol–water partition coefficient (Wildman–Crippen LogP) is 3.80. The van der Waals surface area contributed by atoms with Gasteiger partial charge in [-0.1, -0.05) is 54.6 Å². The molecule has 1 aliphatic carbocycles. The first-order valence-electron chi connectivity index (χ1n) is 10.3. The highest BCUT2D eigenvalue weighted by atomic mass is 16.4. The number of H-pyrrole nitrogens is 1. The van der Waals surface area contributed by atoms with E-state index in [9.17, 15) is 19.5 Å². The highest BCUT2D eigenvalue weighted by Crippen LogP contribution is 2.43. The van der Waals surface area contributed by atoms with Crippen molar-refractivity contribution in [2.24, 2.45) is 7.05 Å². The number of nitrogens with one attached hydrogen (secondary N) is 2. The van der Waals surface area contributed by atoms with Crippen LogP contribution in [0.2, 0.25) is 0 Å². The number of nitrogens with zero attached hydrogens (tertiary/aromatic N) is 1. The molecule has 0 atom stereocenters. The summed E-state index contributed by atoms with van der Waals surface area (Å²) < 4.78 is 7.03. The minimum absolute atomic E-state index is 0.124. The summed E-state index contributed by atoms with van der Waals surface area (Å²) in [5.74, 6) is 0.463. The first-order chi connectivity index (χ1) is 15.4. The van der Waals surface area contributed by atoms with Crippen molar-refractivity contribution in [3.8, 4) is 22.5 Å². The highest BCUT2D eigenvalue weighted by molar-refractivity contribution is 5.99. The number of rotatable bonds is 4. The molecule has 4 aromatic rings.